The number of halogens is 1. The molecule has 0 N–H and O–H groups in total. The van der Waals surface area contributed by atoms with E-state index in [2.05, 4.69) is 6.58 Å². The summed E-state index contributed by atoms with van der Waals surface area (Å²) >= 11 is 1.04. The molecule has 0 spiro atoms. The number of benzene rings is 1. The van der Waals surface area contributed by atoms with E-state index in [0.29, 0.717) is 23.2 Å². The Balaban J connectivity index is 2.80. The third-order valence-electron chi connectivity index (χ3n) is 3.96. The number of allylic oxidation sites excluding steroid dienone is 1. The van der Waals surface area contributed by atoms with Gasteiger partial charge in [0.1, 0.15) is 16.5 Å². The molecule has 2 rings (SSSR count). The molecule has 0 radical (unpaired) electrons. The van der Waals surface area contributed by atoms with Gasteiger partial charge in [-0.05, 0) is 37.6 Å². The maximum atomic E-state index is 13.4. The van der Waals surface area contributed by atoms with Crippen molar-refractivity contribution in [2.24, 2.45) is 0 Å². The zero-order chi connectivity index (χ0) is 20.0. The normalized spacial score (nSPS) is 12.4. The monoisotopic (exact) mass is 385 g/mol. The SMILES string of the molecule is C=CCn1c(=O)/c(=C\c2cccc(F)c2)s/c1=C(\C#N)C(=O)N(CC)CC. The Labute approximate surface area is 160 Å². The van der Waals surface area contributed by atoms with E-state index < -0.39 is 11.7 Å². The molecule has 140 valence electrons. The van der Waals surface area contributed by atoms with Crippen LogP contribution in [-0.2, 0) is 11.3 Å². The highest BCUT2D eigenvalue weighted by atomic mass is 32.1. The number of amides is 1. The highest BCUT2D eigenvalue weighted by Crippen LogP contribution is 2.04. The first-order valence-electron chi connectivity index (χ1n) is 8.48. The quantitative estimate of drug-likeness (QED) is 0.710. The summed E-state index contributed by atoms with van der Waals surface area (Å²) in [5.74, 6) is -0.827. The van der Waals surface area contributed by atoms with E-state index >= 15 is 0 Å². The largest absolute Gasteiger partial charge is 0.338 e. The van der Waals surface area contributed by atoms with Crippen molar-refractivity contribution < 1.29 is 9.18 Å². The minimum Gasteiger partial charge on any atom is -0.338 e. The average Bonchev–Trinajstić information content (AvgIpc) is 2.93. The van der Waals surface area contributed by atoms with Crippen LogP contribution in [0.5, 0.6) is 0 Å². The minimum absolute atomic E-state index is 0.0819. The molecule has 0 aliphatic rings. The zero-order valence-electron chi connectivity index (χ0n) is 15.2. The minimum atomic E-state index is -0.418. The van der Waals surface area contributed by atoms with Gasteiger partial charge in [0.2, 0.25) is 0 Å². The number of carbonyl (C=O) groups excluding carboxylic acids is 1. The maximum Gasteiger partial charge on any atom is 0.269 e. The topological polar surface area (TPSA) is 66.1 Å². The van der Waals surface area contributed by atoms with Gasteiger partial charge in [0.05, 0.1) is 4.53 Å². The van der Waals surface area contributed by atoms with Crippen molar-refractivity contribution in [3.05, 3.63) is 67.9 Å². The van der Waals surface area contributed by atoms with Crippen LogP contribution in [0.1, 0.15) is 19.4 Å². The summed E-state index contributed by atoms with van der Waals surface area (Å²) in [6, 6.07) is 7.80. The Bertz CT molecular complexity index is 1070. The number of carbonyl (C=O) groups is 1. The van der Waals surface area contributed by atoms with Crippen LogP contribution < -0.4 is 14.8 Å². The highest BCUT2D eigenvalue weighted by Gasteiger charge is 2.19. The van der Waals surface area contributed by atoms with Crippen molar-refractivity contribution in [3.8, 4) is 6.07 Å². The van der Waals surface area contributed by atoms with Crippen LogP contribution in [0.25, 0.3) is 11.6 Å². The molecule has 1 aromatic heterocycles. The van der Waals surface area contributed by atoms with E-state index in [9.17, 15) is 19.2 Å². The summed E-state index contributed by atoms with van der Waals surface area (Å²) in [7, 11) is 0. The zero-order valence-corrected chi connectivity index (χ0v) is 16.1. The number of nitriles is 1. The predicted molar refractivity (Wildman–Crippen MR) is 105 cm³/mol. The smallest absolute Gasteiger partial charge is 0.269 e. The fourth-order valence-electron chi connectivity index (χ4n) is 2.60. The summed E-state index contributed by atoms with van der Waals surface area (Å²) in [6.45, 7) is 8.37. The fourth-order valence-corrected chi connectivity index (χ4v) is 3.71. The summed E-state index contributed by atoms with van der Waals surface area (Å²) in [4.78, 5) is 27.0. The van der Waals surface area contributed by atoms with E-state index in [0.717, 1.165) is 11.3 Å². The van der Waals surface area contributed by atoms with Crippen molar-refractivity contribution in [1.29, 1.82) is 5.26 Å². The van der Waals surface area contributed by atoms with Crippen LogP contribution in [0.15, 0.2) is 41.7 Å². The van der Waals surface area contributed by atoms with E-state index in [1.165, 1.54) is 27.7 Å². The van der Waals surface area contributed by atoms with Crippen LogP contribution in [0.2, 0.25) is 0 Å². The Hall–Kier alpha value is -2.98. The second kappa shape index (κ2) is 9.10. The molecule has 0 atom stereocenters. The second-order valence-corrected chi connectivity index (χ2v) is 6.67. The molecule has 0 saturated heterocycles. The number of hydrogen-bond donors (Lipinski definition) is 0. The third kappa shape index (κ3) is 4.41. The molecule has 1 heterocycles. The standard InChI is InChI=1S/C20H20FN3O2S/c1-4-10-24-19(26)17(12-14-8-7-9-15(21)11-14)27-20(24)16(13-22)18(25)23(5-2)6-3/h4,7-9,11-12H,1,5-6,10H2,2-3H3/b17-12+,20-16+. The molecule has 1 amide bonds. The van der Waals surface area contributed by atoms with E-state index in [4.69, 9.17) is 0 Å². The van der Waals surface area contributed by atoms with Gasteiger partial charge in [-0.1, -0.05) is 18.2 Å². The first-order valence-corrected chi connectivity index (χ1v) is 9.29. The number of nitrogens with zero attached hydrogens (tertiary/aromatic N) is 3. The number of rotatable bonds is 6. The number of hydrogen-bond acceptors (Lipinski definition) is 4. The molecule has 1 aromatic carbocycles. The number of aromatic nitrogens is 1. The molecule has 0 aliphatic carbocycles. The first-order chi connectivity index (χ1) is 13.0. The molecule has 0 bridgehead atoms. The number of thiazole rings is 1. The van der Waals surface area contributed by atoms with Crippen LogP contribution in [0, 0.1) is 17.1 Å². The van der Waals surface area contributed by atoms with Gasteiger partial charge in [-0.15, -0.1) is 17.9 Å². The van der Waals surface area contributed by atoms with Gasteiger partial charge in [-0.3, -0.25) is 14.2 Å². The van der Waals surface area contributed by atoms with E-state index in [1.54, 1.807) is 18.2 Å². The van der Waals surface area contributed by atoms with Crippen LogP contribution in [0.4, 0.5) is 4.39 Å². The molecule has 2 aromatic rings. The average molecular weight is 385 g/mol. The fraction of sp³-hybridized carbons (Fsp3) is 0.250. The Morgan fingerprint density at radius 1 is 1.41 bits per heavy atom. The Morgan fingerprint density at radius 2 is 2.11 bits per heavy atom. The summed E-state index contributed by atoms with van der Waals surface area (Å²) in [6.07, 6.45) is 3.08. The van der Waals surface area contributed by atoms with Gasteiger partial charge >= 0.3 is 0 Å². The Kier molecular flexibility index (Phi) is 6.85. The van der Waals surface area contributed by atoms with Crippen LogP contribution in [0.3, 0.4) is 0 Å². The predicted octanol–water partition coefficient (Wildman–Crippen LogP) is 1.61. The van der Waals surface area contributed by atoms with Crippen LogP contribution in [-0.4, -0.2) is 28.5 Å². The van der Waals surface area contributed by atoms with Gasteiger partial charge in [0, 0.05) is 19.6 Å². The van der Waals surface area contributed by atoms with Crippen molar-refractivity contribution in [3.63, 3.8) is 0 Å². The van der Waals surface area contributed by atoms with Gasteiger partial charge < -0.3 is 4.90 Å². The molecule has 0 unspecified atom stereocenters. The van der Waals surface area contributed by atoms with Crippen molar-refractivity contribution in [1.82, 2.24) is 9.47 Å². The maximum absolute atomic E-state index is 13.4. The lowest BCUT2D eigenvalue weighted by Gasteiger charge is -2.17. The molecule has 7 heteroatoms. The summed E-state index contributed by atoms with van der Waals surface area (Å²) in [5, 5.41) is 9.58. The van der Waals surface area contributed by atoms with Crippen molar-refractivity contribution >= 4 is 28.9 Å². The Morgan fingerprint density at radius 3 is 2.67 bits per heavy atom. The van der Waals surface area contributed by atoms with Crippen molar-refractivity contribution in [2.45, 2.75) is 20.4 Å². The first kappa shape index (κ1) is 20.3. The lowest BCUT2D eigenvalue weighted by atomic mass is 10.2. The lowest BCUT2D eigenvalue weighted by molar-refractivity contribution is -0.124. The molecular formula is C20H20FN3O2S. The lowest BCUT2D eigenvalue weighted by Crippen LogP contribution is -2.36. The van der Waals surface area contributed by atoms with Gasteiger partial charge in [-0.2, -0.15) is 5.26 Å². The van der Waals surface area contributed by atoms with Gasteiger partial charge in [-0.25, -0.2) is 4.39 Å². The van der Waals surface area contributed by atoms with Crippen LogP contribution >= 0.6 is 11.3 Å². The third-order valence-corrected chi connectivity index (χ3v) is 5.09. The second-order valence-electron chi connectivity index (χ2n) is 5.64. The van der Waals surface area contributed by atoms with Crippen molar-refractivity contribution in [2.75, 3.05) is 13.1 Å². The molecular weight excluding hydrogens is 365 g/mol. The molecule has 0 aliphatic heterocycles. The highest BCUT2D eigenvalue weighted by molar-refractivity contribution is 7.07. The van der Waals surface area contributed by atoms with E-state index in [-0.39, 0.29) is 22.3 Å². The molecule has 27 heavy (non-hydrogen) atoms. The van der Waals surface area contributed by atoms with Gasteiger partial charge in [0.15, 0.2) is 5.57 Å². The molecule has 5 nitrogen and oxygen atoms in total. The molecule has 0 fully saturated rings. The summed E-state index contributed by atoms with van der Waals surface area (Å²) in [5.41, 5.74) is 0.0973. The molecule has 0 saturated carbocycles. The van der Waals surface area contributed by atoms with E-state index in [1.807, 2.05) is 19.9 Å². The summed E-state index contributed by atoms with van der Waals surface area (Å²) < 4.78 is 15.4. The van der Waals surface area contributed by atoms with Gasteiger partial charge in [0.25, 0.3) is 11.5 Å².